The maximum atomic E-state index is 3.50. The summed E-state index contributed by atoms with van der Waals surface area (Å²) in [5.74, 6) is 0. The maximum Gasteiger partial charge on any atom is 0.0351 e. The average molecular weight is 197 g/mol. The van der Waals surface area contributed by atoms with Gasteiger partial charge in [-0.05, 0) is 13.5 Å². The summed E-state index contributed by atoms with van der Waals surface area (Å²) < 4.78 is 0. The molecule has 2 saturated heterocycles. The second kappa shape index (κ2) is 4.60. The van der Waals surface area contributed by atoms with Crippen LogP contribution in [-0.4, -0.2) is 61.7 Å². The van der Waals surface area contributed by atoms with Crippen LogP contribution in [-0.2, 0) is 0 Å². The van der Waals surface area contributed by atoms with Crippen LogP contribution in [0.15, 0.2) is 0 Å². The molecular formula is C11H23N3. The third-order valence-electron chi connectivity index (χ3n) is 3.53. The molecule has 2 unspecified atom stereocenters. The summed E-state index contributed by atoms with van der Waals surface area (Å²) in [6.07, 6.45) is 2.68. The molecule has 0 spiro atoms. The second-order valence-electron chi connectivity index (χ2n) is 4.76. The Labute approximate surface area is 87.4 Å². The third kappa shape index (κ3) is 2.10. The highest BCUT2D eigenvalue weighted by molar-refractivity contribution is 4.91. The lowest BCUT2D eigenvalue weighted by atomic mass is 10.0. The van der Waals surface area contributed by atoms with Gasteiger partial charge in [-0.15, -0.1) is 0 Å². The normalized spacial score (nSPS) is 35.6. The molecule has 2 aliphatic heterocycles. The zero-order valence-corrected chi connectivity index (χ0v) is 9.50. The van der Waals surface area contributed by atoms with E-state index >= 15 is 0 Å². The molecule has 2 atom stereocenters. The Balaban J connectivity index is 1.99. The Hall–Kier alpha value is -0.120. The molecule has 14 heavy (non-hydrogen) atoms. The molecule has 0 aromatic rings. The Morgan fingerprint density at radius 2 is 2.21 bits per heavy atom. The quantitative estimate of drug-likeness (QED) is 0.690. The number of nitrogens with zero attached hydrogens (tertiary/aromatic N) is 2. The van der Waals surface area contributed by atoms with Crippen molar-refractivity contribution in [3.63, 3.8) is 0 Å². The molecule has 0 bridgehead atoms. The molecule has 0 amide bonds. The Bertz CT molecular complexity index is 183. The number of piperazine rings is 2. The van der Waals surface area contributed by atoms with Crippen LogP contribution in [0.25, 0.3) is 0 Å². The predicted molar refractivity (Wildman–Crippen MR) is 59.6 cm³/mol. The van der Waals surface area contributed by atoms with E-state index in [1.54, 1.807) is 0 Å². The monoisotopic (exact) mass is 197 g/mol. The van der Waals surface area contributed by atoms with Gasteiger partial charge in [-0.25, -0.2) is 0 Å². The molecule has 0 radical (unpaired) electrons. The van der Waals surface area contributed by atoms with E-state index in [-0.39, 0.29) is 0 Å². The molecule has 3 nitrogen and oxygen atoms in total. The summed E-state index contributed by atoms with van der Waals surface area (Å²) >= 11 is 0. The molecule has 2 rings (SSSR count). The Morgan fingerprint density at radius 3 is 3.00 bits per heavy atom. The first-order valence-electron chi connectivity index (χ1n) is 5.96. The molecule has 0 saturated carbocycles. The lowest BCUT2D eigenvalue weighted by Gasteiger charge is -2.48. The van der Waals surface area contributed by atoms with Crippen molar-refractivity contribution in [2.24, 2.45) is 0 Å². The van der Waals surface area contributed by atoms with E-state index in [1.165, 1.54) is 45.6 Å². The number of rotatable bonds is 2. The van der Waals surface area contributed by atoms with Gasteiger partial charge in [0.15, 0.2) is 0 Å². The fourth-order valence-electron chi connectivity index (χ4n) is 2.92. The fraction of sp³-hybridized carbons (Fsp3) is 1.00. The van der Waals surface area contributed by atoms with Crippen molar-refractivity contribution >= 4 is 0 Å². The second-order valence-corrected chi connectivity index (χ2v) is 4.76. The molecule has 0 aromatic heterocycles. The summed E-state index contributed by atoms with van der Waals surface area (Å²) in [6, 6.07) is 1.57. The topological polar surface area (TPSA) is 18.5 Å². The van der Waals surface area contributed by atoms with Crippen LogP contribution in [0.5, 0.6) is 0 Å². The van der Waals surface area contributed by atoms with Gasteiger partial charge in [0.25, 0.3) is 0 Å². The summed E-state index contributed by atoms with van der Waals surface area (Å²) in [5, 5.41) is 3.50. The van der Waals surface area contributed by atoms with Crippen LogP contribution in [0, 0.1) is 0 Å². The first-order valence-corrected chi connectivity index (χ1v) is 5.96. The van der Waals surface area contributed by atoms with Crippen molar-refractivity contribution in [2.75, 3.05) is 39.8 Å². The van der Waals surface area contributed by atoms with Crippen molar-refractivity contribution in [2.45, 2.75) is 31.8 Å². The molecule has 82 valence electrons. The van der Waals surface area contributed by atoms with E-state index < -0.39 is 0 Å². The largest absolute Gasteiger partial charge is 0.314 e. The minimum Gasteiger partial charge on any atom is -0.314 e. The lowest BCUT2D eigenvalue weighted by molar-refractivity contribution is 0.0165. The van der Waals surface area contributed by atoms with Crippen LogP contribution in [0.4, 0.5) is 0 Å². The third-order valence-corrected chi connectivity index (χ3v) is 3.53. The van der Waals surface area contributed by atoms with Crippen LogP contribution in [0.2, 0.25) is 0 Å². The van der Waals surface area contributed by atoms with Gasteiger partial charge < -0.3 is 10.2 Å². The Morgan fingerprint density at radius 1 is 1.36 bits per heavy atom. The smallest absolute Gasteiger partial charge is 0.0351 e. The molecule has 2 heterocycles. The van der Waals surface area contributed by atoms with E-state index in [2.05, 4.69) is 29.1 Å². The van der Waals surface area contributed by atoms with Crippen LogP contribution in [0.3, 0.4) is 0 Å². The van der Waals surface area contributed by atoms with E-state index in [0.717, 1.165) is 12.1 Å². The van der Waals surface area contributed by atoms with Crippen molar-refractivity contribution < 1.29 is 0 Å². The van der Waals surface area contributed by atoms with Crippen LogP contribution >= 0.6 is 0 Å². The maximum absolute atomic E-state index is 3.50. The summed E-state index contributed by atoms with van der Waals surface area (Å²) in [7, 11) is 2.26. The van der Waals surface area contributed by atoms with Gasteiger partial charge in [0, 0.05) is 44.8 Å². The number of hydrogen-bond acceptors (Lipinski definition) is 3. The molecule has 2 aliphatic rings. The van der Waals surface area contributed by atoms with Crippen molar-refractivity contribution in [3.05, 3.63) is 0 Å². The highest BCUT2D eigenvalue weighted by Gasteiger charge is 2.33. The fourth-order valence-corrected chi connectivity index (χ4v) is 2.92. The minimum absolute atomic E-state index is 0.763. The molecule has 3 heteroatoms. The number of likely N-dealkylation sites (N-methyl/N-ethyl adjacent to an activating group) is 1. The van der Waals surface area contributed by atoms with Crippen molar-refractivity contribution in [3.8, 4) is 0 Å². The SMILES string of the molecule is CCCC1CN(C)CC2CNCCN12. The van der Waals surface area contributed by atoms with Crippen molar-refractivity contribution in [1.29, 1.82) is 0 Å². The van der Waals surface area contributed by atoms with Gasteiger partial charge in [-0.2, -0.15) is 0 Å². The first-order chi connectivity index (χ1) is 6.81. The predicted octanol–water partition coefficient (Wildman–Crippen LogP) is 0.374. The van der Waals surface area contributed by atoms with E-state index in [4.69, 9.17) is 0 Å². The van der Waals surface area contributed by atoms with Gasteiger partial charge >= 0.3 is 0 Å². The highest BCUT2D eigenvalue weighted by atomic mass is 15.3. The van der Waals surface area contributed by atoms with E-state index in [1.807, 2.05) is 0 Å². The standard InChI is InChI=1S/C11H23N3/c1-3-4-10-8-13(2)9-11-7-12-5-6-14(10)11/h10-12H,3-9H2,1-2H3. The van der Waals surface area contributed by atoms with E-state index in [9.17, 15) is 0 Å². The van der Waals surface area contributed by atoms with Crippen LogP contribution < -0.4 is 5.32 Å². The summed E-state index contributed by atoms with van der Waals surface area (Å²) in [6.45, 7) is 8.43. The molecular weight excluding hydrogens is 174 g/mol. The minimum atomic E-state index is 0.763. The molecule has 0 aliphatic carbocycles. The number of fused-ring (bicyclic) bond motifs is 1. The molecule has 2 fully saturated rings. The number of hydrogen-bond donors (Lipinski definition) is 1. The lowest BCUT2D eigenvalue weighted by Crippen LogP contribution is -2.64. The van der Waals surface area contributed by atoms with Gasteiger partial charge in [0.2, 0.25) is 0 Å². The number of nitrogens with one attached hydrogen (secondary N) is 1. The summed E-state index contributed by atoms with van der Waals surface area (Å²) in [4.78, 5) is 5.23. The zero-order valence-electron chi connectivity index (χ0n) is 9.50. The summed E-state index contributed by atoms with van der Waals surface area (Å²) in [5.41, 5.74) is 0. The van der Waals surface area contributed by atoms with Gasteiger partial charge in [-0.3, -0.25) is 4.90 Å². The molecule has 1 N–H and O–H groups in total. The zero-order chi connectivity index (χ0) is 9.97. The average Bonchev–Trinajstić information content (AvgIpc) is 2.18. The highest BCUT2D eigenvalue weighted by Crippen LogP contribution is 2.19. The van der Waals surface area contributed by atoms with Gasteiger partial charge in [0.1, 0.15) is 0 Å². The Kier molecular flexibility index (Phi) is 3.42. The van der Waals surface area contributed by atoms with Crippen LogP contribution in [0.1, 0.15) is 19.8 Å². The molecule has 0 aromatic carbocycles. The van der Waals surface area contributed by atoms with Gasteiger partial charge in [-0.1, -0.05) is 13.3 Å². The first kappa shape index (κ1) is 10.4. The van der Waals surface area contributed by atoms with E-state index in [0.29, 0.717) is 0 Å². The van der Waals surface area contributed by atoms with Gasteiger partial charge in [0.05, 0.1) is 0 Å². The van der Waals surface area contributed by atoms with Crippen molar-refractivity contribution in [1.82, 2.24) is 15.1 Å².